The zero-order valence-electron chi connectivity index (χ0n) is 9.82. The summed E-state index contributed by atoms with van der Waals surface area (Å²) in [5, 5.41) is 0. The van der Waals surface area contributed by atoms with Crippen LogP contribution in [-0.2, 0) is 6.42 Å². The highest BCUT2D eigenvalue weighted by molar-refractivity contribution is 5.07. The van der Waals surface area contributed by atoms with Crippen molar-refractivity contribution in [3.8, 4) is 0 Å². The van der Waals surface area contributed by atoms with E-state index in [0.717, 1.165) is 12.3 Å². The predicted octanol–water partition coefficient (Wildman–Crippen LogP) is 2.62. The molecule has 0 spiro atoms. The van der Waals surface area contributed by atoms with Crippen LogP contribution in [0.4, 0.5) is 0 Å². The number of hydrazine groups is 1. The smallest absolute Gasteiger partial charge is 0.0935 e. The Labute approximate surface area is 97.4 Å². The molecular formula is C13H22N2O. The summed E-state index contributed by atoms with van der Waals surface area (Å²) in [5.41, 5.74) is 4.24. The van der Waals surface area contributed by atoms with Crippen molar-refractivity contribution in [2.45, 2.75) is 51.0 Å². The Balaban J connectivity index is 1.92. The average molecular weight is 222 g/mol. The highest BCUT2D eigenvalue weighted by Gasteiger charge is 2.22. The summed E-state index contributed by atoms with van der Waals surface area (Å²) in [7, 11) is 0. The monoisotopic (exact) mass is 222 g/mol. The zero-order valence-corrected chi connectivity index (χ0v) is 9.82. The number of rotatable bonds is 4. The van der Waals surface area contributed by atoms with Gasteiger partial charge in [0.15, 0.2) is 0 Å². The summed E-state index contributed by atoms with van der Waals surface area (Å²) < 4.78 is 5.10. The minimum atomic E-state index is 0.399. The lowest BCUT2D eigenvalue weighted by Gasteiger charge is -2.25. The highest BCUT2D eigenvalue weighted by atomic mass is 16.3. The van der Waals surface area contributed by atoms with Gasteiger partial charge < -0.3 is 4.42 Å². The first-order chi connectivity index (χ1) is 7.90. The van der Waals surface area contributed by atoms with Crippen molar-refractivity contribution < 1.29 is 4.42 Å². The summed E-state index contributed by atoms with van der Waals surface area (Å²) >= 11 is 0. The predicted molar refractivity (Wildman–Crippen MR) is 64.7 cm³/mol. The number of hydrogen-bond acceptors (Lipinski definition) is 3. The van der Waals surface area contributed by atoms with Gasteiger partial charge in [-0.1, -0.05) is 25.7 Å². The minimum absolute atomic E-state index is 0.399. The van der Waals surface area contributed by atoms with Gasteiger partial charge in [-0.05, 0) is 36.8 Å². The summed E-state index contributed by atoms with van der Waals surface area (Å²) in [5.74, 6) is 6.42. The van der Waals surface area contributed by atoms with E-state index < -0.39 is 0 Å². The standard InChI is InChI=1S/C13H22N2O/c14-15-13(9-11-7-8-16-10-11)12-5-3-1-2-4-6-12/h7-8,10,12-13,15H,1-6,9,14H2. The maximum Gasteiger partial charge on any atom is 0.0935 e. The molecule has 1 aromatic rings. The van der Waals surface area contributed by atoms with Crippen molar-refractivity contribution >= 4 is 0 Å². The van der Waals surface area contributed by atoms with E-state index in [1.807, 2.05) is 12.3 Å². The molecule has 16 heavy (non-hydrogen) atoms. The van der Waals surface area contributed by atoms with Crippen molar-refractivity contribution in [1.82, 2.24) is 5.43 Å². The van der Waals surface area contributed by atoms with Crippen LogP contribution in [0.5, 0.6) is 0 Å². The summed E-state index contributed by atoms with van der Waals surface area (Å²) in [6.07, 6.45) is 12.6. The lowest BCUT2D eigenvalue weighted by Crippen LogP contribution is -2.42. The fourth-order valence-corrected chi connectivity index (χ4v) is 2.74. The molecule has 2 rings (SSSR count). The third kappa shape index (κ3) is 3.09. The Kier molecular flexibility index (Phi) is 4.43. The Morgan fingerprint density at radius 2 is 2.06 bits per heavy atom. The van der Waals surface area contributed by atoms with Gasteiger partial charge in [0.2, 0.25) is 0 Å². The molecule has 0 aromatic carbocycles. The molecule has 1 aliphatic carbocycles. The first kappa shape index (κ1) is 11.7. The van der Waals surface area contributed by atoms with Crippen LogP contribution in [0.2, 0.25) is 0 Å². The second kappa shape index (κ2) is 6.06. The molecule has 1 aromatic heterocycles. The maximum atomic E-state index is 5.69. The van der Waals surface area contributed by atoms with Gasteiger partial charge in [0.1, 0.15) is 0 Å². The van der Waals surface area contributed by atoms with Gasteiger partial charge in [0.05, 0.1) is 12.5 Å². The average Bonchev–Trinajstić information content (AvgIpc) is 2.67. The van der Waals surface area contributed by atoms with Crippen LogP contribution in [0.3, 0.4) is 0 Å². The Morgan fingerprint density at radius 3 is 2.62 bits per heavy atom. The fourth-order valence-electron chi connectivity index (χ4n) is 2.74. The van der Waals surface area contributed by atoms with E-state index in [1.165, 1.54) is 44.1 Å². The van der Waals surface area contributed by atoms with E-state index in [0.29, 0.717) is 6.04 Å². The number of hydrogen-bond donors (Lipinski definition) is 2. The van der Waals surface area contributed by atoms with E-state index >= 15 is 0 Å². The number of nitrogens with one attached hydrogen (secondary N) is 1. The number of nitrogens with two attached hydrogens (primary N) is 1. The van der Waals surface area contributed by atoms with E-state index in [2.05, 4.69) is 5.43 Å². The first-order valence-electron chi connectivity index (χ1n) is 6.37. The lowest BCUT2D eigenvalue weighted by atomic mass is 9.89. The van der Waals surface area contributed by atoms with Crippen LogP contribution in [0.25, 0.3) is 0 Å². The number of furan rings is 1. The van der Waals surface area contributed by atoms with Gasteiger partial charge in [-0.15, -0.1) is 0 Å². The van der Waals surface area contributed by atoms with Gasteiger partial charge in [-0.25, -0.2) is 0 Å². The third-order valence-electron chi connectivity index (χ3n) is 3.72. The normalized spacial score (nSPS) is 20.6. The largest absolute Gasteiger partial charge is 0.472 e. The molecule has 1 heterocycles. The molecule has 3 heteroatoms. The molecule has 0 saturated heterocycles. The van der Waals surface area contributed by atoms with Crippen molar-refractivity contribution in [2.24, 2.45) is 11.8 Å². The molecule has 0 radical (unpaired) electrons. The molecule has 3 N–H and O–H groups in total. The van der Waals surface area contributed by atoms with Gasteiger partial charge in [-0.2, -0.15) is 0 Å². The van der Waals surface area contributed by atoms with Crippen molar-refractivity contribution in [3.05, 3.63) is 24.2 Å². The Hall–Kier alpha value is -0.800. The molecule has 1 fully saturated rings. The first-order valence-corrected chi connectivity index (χ1v) is 6.37. The molecule has 1 saturated carbocycles. The highest BCUT2D eigenvalue weighted by Crippen LogP contribution is 2.26. The topological polar surface area (TPSA) is 51.2 Å². The molecule has 0 aliphatic heterocycles. The molecule has 0 bridgehead atoms. The van der Waals surface area contributed by atoms with E-state index in [1.54, 1.807) is 6.26 Å². The van der Waals surface area contributed by atoms with E-state index in [-0.39, 0.29) is 0 Å². The van der Waals surface area contributed by atoms with Crippen LogP contribution >= 0.6 is 0 Å². The Morgan fingerprint density at radius 1 is 1.31 bits per heavy atom. The third-order valence-corrected chi connectivity index (χ3v) is 3.72. The van der Waals surface area contributed by atoms with Gasteiger partial charge >= 0.3 is 0 Å². The summed E-state index contributed by atoms with van der Waals surface area (Å²) in [6, 6.07) is 2.43. The summed E-state index contributed by atoms with van der Waals surface area (Å²) in [4.78, 5) is 0. The SMILES string of the molecule is NNC(Cc1ccoc1)C1CCCCCC1. The second-order valence-electron chi connectivity index (χ2n) is 4.86. The van der Waals surface area contributed by atoms with Gasteiger partial charge in [-0.3, -0.25) is 11.3 Å². The molecule has 1 aliphatic rings. The molecular weight excluding hydrogens is 200 g/mol. The lowest BCUT2D eigenvalue weighted by molar-refractivity contribution is 0.320. The van der Waals surface area contributed by atoms with E-state index in [4.69, 9.17) is 10.3 Å². The second-order valence-corrected chi connectivity index (χ2v) is 4.86. The van der Waals surface area contributed by atoms with Crippen molar-refractivity contribution in [1.29, 1.82) is 0 Å². The molecule has 1 atom stereocenters. The molecule has 0 amide bonds. The molecule has 90 valence electrons. The fraction of sp³-hybridized carbons (Fsp3) is 0.692. The quantitative estimate of drug-likeness (QED) is 0.468. The van der Waals surface area contributed by atoms with E-state index in [9.17, 15) is 0 Å². The van der Waals surface area contributed by atoms with Crippen LogP contribution in [-0.4, -0.2) is 6.04 Å². The maximum absolute atomic E-state index is 5.69. The Bertz CT molecular complexity index is 276. The summed E-state index contributed by atoms with van der Waals surface area (Å²) in [6.45, 7) is 0. The molecule has 1 unspecified atom stereocenters. The van der Waals surface area contributed by atoms with Gasteiger partial charge in [0.25, 0.3) is 0 Å². The van der Waals surface area contributed by atoms with Crippen molar-refractivity contribution in [3.63, 3.8) is 0 Å². The van der Waals surface area contributed by atoms with Crippen LogP contribution in [0, 0.1) is 5.92 Å². The van der Waals surface area contributed by atoms with Crippen molar-refractivity contribution in [2.75, 3.05) is 0 Å². The zero-order chi connectivity index (χ0) is 11.2. The van der Waals surface area contributed by atoms with Crippen LogP contribution < -0.4 is 11.3 Å². The van der Waals surface area contributed by atoms with Crippen LogP contribution in [0.1, 0.15) is 44.1 Å². The molecule has 3 nitrogen and oxygen atoms in total. The van der Waals surface area contributed by atoms with Gasteiger partial charge in [0, 0.05) is 6.04 Å². The van der Waals surface area contributed by atoms with Crippen LogP contribution in [0.15, 0.2) is 23.0 Å². The minimum Gasteiger partial charge on any atom is -0.472 e.